The number of amides is 1. The molecule has 1 saturated heterocycles. The van der Waals surface area contributed by atoms with Crippen molar-refractivity contribution in [3.8, 4) is 0 Å². The summed E-state index contributed by atoms with van der Waals surface area (Å²) in [6, 6.07) is 0. The molecule has 0 unspecified atom stereocenters. The third-order valence-corrected chi connectivity index (χ3v) is 3.50. The second-order valence-electron chi connectivity index (χ2n) is 3.45. The van der Waals surface area contributed by atoms with Gasteiger partial charge in [0.25, 0.3) is 0 Å². The quantitative estimate of drug-likeness (QED) is 0.701. The second-order valence-corrected chi connectivity index (χ2v) is 4.48. The van der Waals surface area contributed by atoms with Gasteiger partial charge in [-0.2, -0.15) is 11.8 Å². The van der Waals surface area contributed by atoms with E-state index in [1.54, 1.807) is 16.7 Å². The Morgan fingerprint density at radius 2 is 2.31 bits per heavy atom. The SMILES string of the molecule is CCN(C)C(=O)CSCC1CNC1. The van der Waals surface area contributed by atoms with Crippen LogP contribution in [0.5, 0.6) is 0 Å². The fourth-order valence-electron chi connectivity index (χ4n) is 1.07. The molecule has 0 spiro atoms. The lowest BCUT2D eigenvalue weighted by Gasteiger charge is -2.26. The Morgan fingerprint density at radius 3 is 2.77 bits per heavy atom. The fourth-order valence-corrected chi connectivity index (χ4v) is 2.15. The summed E-state index contributed by atoms with van der Waals surface area (Å²) in [5.74, 6) is 2.81. The zero-order valence-electron chi connectivity index (χ0n) is 8.38. The Labute approximate surface area is 84.2 Å². The van der Waals surface area contributed by atoms with E-state index in [9.17, 15) is 4.79 Å². The molecule has 0 aromatic heterocycles. The summed E-state index contributed by atoms with van der Waals surface area (Å²) >= 11 is 1.76. The number of hydrogen-bond donors (Lipinski definition) is 1. The van der Waals surface area contributed by atoms with Crippen molar-refractivity contribution in [2.45, 2.75) is 6.92 Å². The lowest BCUT2D eigenvalue weighted by Crippen LogP contribution is -2.43. The minimum atomic E-state index is 0.250. The average molecular weight is 202 g/mol. The van der Waals surface area contributed by atoms with Gasteiger partial charge in [-0.1, -0.05) is 0 Å². The maximum Gasteiger partial charge on any atom is 0.232 e. The van der Waals surface area contributed by atoms with Crippen molar-refractivity contribution < 1.29 is 4.79 Å². The van der Waals surface area contributed by atoms with Gasteiger partial charge in [0.15, 0.2) is 0 Å². The normalized spacial score (nSPS) is 16.8. The van der Waals surface area contributed by atoms with Gasteiger partial charge in [0.05, 0.1) is 5.75 Å². The first-order chi connectivity index (χ1) is 6.24. The van der Waals surface area contributed by atoms with Crippen LogP contribution in [0.4, 0.5) is 0 Å². The van der Waals surface area contributed by atoms with Gasteiger partial charge in [-0.15, -0.1) is 0 Å². The topological polar surface area (TPSA) is 32.3 Å². The summed E-state index contributed by atoms with van der Waals surface area (Å²) in [4.78, 5) is 13.1. The number of carbonyl (C=O) groups is 1. The van der Waals surface area contributed by atoms with E-state index in [0.717, 1.165) is 31.3 Å². The maximum absolute atomic E-state index is 11.4. The number of nitrogens with zero attached hydrogens (tertiary/aromatic N) is 1. The summed E-state index contributed by atoms with van der Waals surface area (Å²) in [7, 11) is 1.85. The summed E-state index contributed by atoms with van der Waals surface area (Å²) in [5, 5.41) is 3.22. The van der Waals surface area contributed by atoms with Crippen molar-refractivity contribution in [3.05, 3.63) is 0 Å². The zero-order chi connectivity index (χ0) is 9.68. The summed E-state index contributed by atoms with van der Waals surface area (Å²) in [5.41, 5.74) is 0. The standard InChI is InChI=1S/C9H18N2OS/c1-3-11(2)9(12)7-13-6-8-4-10-5-8/h8,10H,3-7H2,1-2H3. The predicted molar refractivity (Wildman–Crippen MR) is 57.0 cm³/mol. The Morgan fingerprint density at radius 1 is 1.62 bits per heavy atom. The first-order valence-corrected chi connectivity index (χ1v) is 5.92. The average Bonchev–Trinajstić information content (AvgIpc) is 2.07. The van der Waals surface area contributed by atoms with Gasteiger partial charge in [-0.05, 0) is 31.7 Å². The largest absolute Gasteiger partial charge is 0.345 e. The lowest BCUT2D eigenvalue weighted by atomic mass is 10.1. The van der Waals surface area contributed by atoms with Crippen LogP contribution in [0.1, 0.15) is 6.92 Å². The molecule has 4 heteroatoms. The fraction of sp³-hybridized carbons (Fsp3) is 0.889. The molecular formula is C9H18N2OS. The predicted octanol–water partition coefficient (Wildman–Crippen LogP) is 0.417. The van der Waals surface area contributed by atoms with Crippen molar-refractivity contribution in [1.82, 2.24) is 10.2 Å². The summed E-state index contributed by atoms with van der Waals surface area (Å²) < 4.78 is 0. The van der Waals surface area contributed by atoms with E-state index >= 15 is 0 Å². The highest BCUT2D eigenvalue weighted by Crippen LogP contribution is 2.12. The smallest absolute Gasteiger partial charge is 0.232 e. The minimum Gasteiger partial charge on any atom is -0.345 e. The van der Waals surface area contributed by atoms with E-state index in [1.165, 1.54) is 0 Å². The van der Waals surface area contributed by atoms with E-state index in [2.05, 4.69) is 5.32 Å². The van der Waals surface area contributed by atoms with Crippen molar-refractivity contribution in [2.75, 3.05) is 38.2 Å². The van der Waals surface area contributed by atoms with Crippen LogP contribution in [-0.2, 0) is 4.79 Å². The Balaban J connectivity index is 2.00. The molecule has 1 heterocycles. The molecular weight excluding hydrogens is 184 g/mol. The lowest BCUT2D eigenvalue weighted by molar-refractivity contribution is -0.126. The van der Waals surface area contributed by atoms with Crippen LogP contribution in [-0.4, -0.2) is 49.0 Å². The molecule has 1 aliphatic heterocycles. The van der Waals surface area contributed by atoms with Crippen LogP contribution in [0.3, 0.4) is 0 Å². The molecule has 0 radical (unpaired) electrons. The van der Waals surface area contributed by atoms with Crippen LogP contribution in [0.25, 0.3) is 0 Å². The van der Waals surface area contributed by atoms with Crippen molar-refractivity contribution in [2.24, 2.45) is 5.92 Å². The summed E-state index contributed by atoms with van der Waals surface area (Å²) in [6.07, 6.45) is 0. The third-order valence-electron chi connectivity index (χ3n) is 2.35. The van der Waals surface area contributed by atoms with E-state index in [1.807, 2.05) is 14.0 Å². The number of hydrogen-bond acceptors (Lipinski definition) is 3. The Bertz CT molecular complexity index is 171. The molecule has 3 nitrogen and oxygen atoms in total. The van der Waals surface area contributed by atoms with Gasteiger partial charge in [0.1, 0.15) is 0 Å². The monoisotopic (exact) mass is 202 g/mol. The number of thioether (sulfide) groups is 1. The molecule has 0 aliphatic carbocycles. The first kappa shape index (κ1) is 10.9. The molecule has 0 aromatic carbocycles. The third kappa shape index (κ3) is 3.56. The van der Waals surface area contributed by atoms with E-state index in [-0.39, 0.29) is 5.91 Å². The van der Waals surface area contributed by atoms with Gasteiger partial charge in [-0.25, -0.2) is 0 Å². The van der Waals surface area contributed by atoms with Crippen molar-refractivity contribution in [1.29, 1.82) is 0 Å². The van der Waals surface area contributed by atoms with E-state index < -0.39 is 0 Å². The van der Waals surface area contributed by atoms with Gasteiger partial charge in [0.2, 0.25) is 5.91 Å². The molecule has 13 heavy (non-hydrogen) atoms. The van der Waals surface area contributed by atoms with Crippen LogP contribution < -0.4 is 5.32 Å². The maximum atomic E-state index is 11.4. The molecule has 76 valence electrons. The van der Waals surface area contributed by atoms with Gasteiger partial charge in [0, 0.05) is 13.6 Å². The first-order valence-electron chi connectivity index (χ1n) is 4.76. The summed E-state index contributed by atoms with van der Waals surface area (Å²) in [6.45, 7) is 5.07. The minimum absolute atomic E-state index is 0.250. The Hall–Kier alpha value is -0.220. The molecule has 1 N–H and O–H groups in total. The number of rotatable bonds is 5. The molecule has 1 amide bonds. The van der Waals surface area contributed by atoms with E-state index in [0.29, 0.717) is 5.75 Å². The molecule has 0 aromatic rings. The highest BCUT2D eigenvalue weighted by molar-refractivity contribution is 7.99. The van der Waals surface area contributed by atoms with Gasteiger partial charge in [-0.3, -0.25) is 4.79 Å². The van der Waals surface area contributed by atoms with Crippen molar-refractivity contribution in [3.63, 3.8) is 0 Å². The van der Waals surface area contributed by atoms with Crippen LogP contribution >= 0.6 is 11.8 Å². The van der Waals surface area contributed by atoms with Crippen LogP contribution in [0.15, 0.2) is 0 Å². The van der Waals surface area contributed by atoms with E-state index in [4.69, 9.17) is 0 Å². The Kier molecular flexibility index (Phi) is 4.59. The molecule has 0 atom stereocenters. The van der Waals surface area contributed by atoms with Crippen LogP contribution in [0, 0.1) is 5.92 Å². The zero-order valence-corrected chi connectivity index (χ0v) is 9.19. The number of carbonyl (C=O) groups excluding carboxylic acids is 1. The second kappa shape index (κ2) is 5.50. The molecule has 1 rings (SSSR count). The van der Waals surface area contributed by atoms with Gasteiger partial charge >= 0.3 is 0 Å². The highest BCUT2D eigenvalue weighted by atomic mass is 32.2. The van der Waals surface area contributed by atoms with Gasteiger partial charge < -0.3 is 10.2 Å². The molecule has 1 fully saturated rings. The molecule has 1 aliphatic rings. The molecule has 0 bridgehead atoms. The number of nitrogens with one attached hydrogen (secondary N) is 1. The molecule has 0 saturated carbocycles. The van der Waals surface area contributed by atoms with Crippen LogP contribution in [0.2, 0.25) is 0 Å². The highest BCUT2D eigenvalue weighted by Gasteiger charge is 2.17. The van der Waals surface area contributed by atoms with Crippen molar-refractivity contribution >= 4 is 17.7 Å².